The number of carbonyl (C=O) groups is 1. The molecule has 6 heteroatoms. The molecule has 0 atom stereocenters. The van der Waals surface area contributed by atoms with E-state index in [2.05, 4.69) is 16.5 Å². The van der Waals surface area contributed by atoms with Crippen molar-refractivity contribution in [3.63, 3.8) is 0 Å². The van der Waals surface area contributed by atoms with E-state index >= 15 is 0 Å². The minimum Gasteiger partial charge on any atom is -0.444 e. The zero-order valence-corrected chi connectivity index (χ0v) is 14.3. The predicted molar refractivity (Wildman–Crippen MR) is 85.8 cm³/mol. The van der Waals surface area contributed by atoms with Crippen LogP contribution in [0.2, 0.25) is 0 Å². The average Bonchev–Trinajstić information content (AvgIpc) is 2.79. The molecule has 0 bridgehead atoms. The fourth-order valence-electron chi connectivity index (χ4n) is 2.76. The van der Waals surface area contributed by atoms with E-state index in [0.29, 0.717) is 5.92 Å². The van der Waals surface area contributed by atoms with Crippen LogP contribution in [0.25, 0.3) is 0 Å². The SMILES string of the molecule is CNCc1cc(C2CCN(C(=O)OC(C)(C)C)CC2)nn1C. The third-order valence-corrected chi connectivity index (χ3v) is 3.92. The zero-order valence-electron chi connectivity index (χ0n) is 14.3. The van der Waals surface area contributed by atoms with E-state index in [9.17, 15) is 4.79 Å². The number of aromatic nitrogens is 2. The molecular weight excluding hydrogens is 280 g/mol. The van der Waals surface area contributed by atoms with Crippen molar-refractivity contribution in [2.75, 3.05) is 20.1 Å². The first-order valence-electron chi connectivity index (χ1n) is 7.95. The summed E-state index contributed by atoms with van der Waals surface area (Å²) in [6.07, 6.45) is 1.67. The summed E-state index contributed by atoms with van der Waals surface area (Å²) in [5, 5.41) is 7.78. The van der Waals surface area contributed by atoms with Crippen molar-refractivity contribution in [3.05, 3.63) is 17.5 Å². The van der Waals surface area contributed by atoms with Crippen LogP contribution in [-0.4, -0.2) is 46.5 Å². The summed E-state index contributed by atoms with van der Waals surface area (Å²) >= 11 is 0. The number of likely N-dealkylation sites (tertiary alicyclic amines) is 1. The Bertz CT molecular complexity index is 511. The molecule has 0 saturated carbocycles. The summed E-state index contributed by atoms with van der Waals surface area (Å²) < 4.78 is 7.37. The van der Waals surface area contributed by atoms with Crippen LogP contribution in [0.3, 0.4) is 0 Å². The first-order valence-corrected chi connectivity index (χ1v) is 7.95. The van der Waals surface area contributed by atoms with Gasteiger partial charge in [0.25, 0.3) is 0 Å². The predicted octanol–water partition coefficient (Wildman–Crippen LogP) is 2.25. The molecule has 0 aliphatic carbocycles. The quantitative estimate of drug-likeness (QED) is 0.930. The zero-order chi connectivity index (χ0) is 16.3. The molecule has 22 heavy (non-hydrogen) atoms. The van der Waals surface area contributed by atoms with Crippen LogP contribution in [0.1, 0.15) is 50.9 Å². The third kappa shape index (κ3) is 4.22. The number of aryl methyl sites for hydroxylation is 1. The van der Waals surface area contributed by atoms with Gasteiger partial charge in [0.05, 0.1) is 11.4 Å². The largest absolute Gasteiger partial charge is 0.444 e. The smallest absolute Gasteiger partial charge is 0.410 e. The van der Waals surface area contributed by atoms with E-state index in [4.69, 9.17) is 4.74 Å². The molecule has 0 unspecified atom stereocenters. The fraction of sp³-hybridized carbons (Fsp3) is 0.750. The molecule has 2 rings (SSSR count). The van der Waals surface area contributed by atoms with Crippen molar-refractivity contribution >= 4 is 6.09 Å². The van der Waals surface area contributed by atoms with Gasteiger partial charge in [0.1, 0.15) is 5.60 Å². The molecule has 0 spiro atoms. The van der Waals surface area contributed by atoms with Crippen LogP contribution in [0, 0.1) is 0 Å². The second kappa shape index (κ2) is 6.69. The molecule has 1 aromatic rings. The highest BCUT2D eigenvalue weighted by Gasteiger charge is 2.28. The molecule has 1 aliphatic rings. The van der Waals surface area contributed by atoms with E-state index < -0.39 is 5.60 Å². The number of hydrogen-bond acceptors (Lipinski definition) is 4. The molecular formula is C16H28N4O2. The molecule has 1 fully saturated rings. The van der Waals surface area contributed by atoms with Gasteiger partial charge in [-0.1, -0.05) is 0 Å². The van der Waals surface area contributed by atoms with Crippen molar-refractivity contribution in [3.8, 4) is 0 Å². The molecule has 1 N–H and O–H groups in total. The van der Waals surface area contributed by atoms with Crippen molar-refractivity contribution in [2.24, 2.45) is 7.05 Å². The second-order valence-electron chi connectivity index (χ2n) is 6.96. The van der Waals surface area contributed by atoms with Crippen LogP contribution in [-0.2, 0) is 18.3 Å². The molecule has 124 valence electrons. The Hall–Kier alpha value is -1.56. The molecule has 6 nitrogen and oxygen atoms in total. The number of hydrogen-bond donors (Lipinski definition) is 1. The number of rotatable bonds is 3. The Morgan fingerprint density at radius 1 is 1.41 bits per heavy atom. The Balaban J connectivity index is 1.92. The van der Waals surface area contributed by atoms with Crippen molar-refractivity contribution in [1.82, 2.24) is 20.0 Å². The highest BCUT2D eigenvalue weighted by Crippen LogP contribution is 2.28. The molecule has 0 aromatic carbocycles. The van der Waals surface area contributed by atoms with Gasteiger partial charge in [-0.15, -0.1) is 0 Å². The van der Waals surface area contributed by atoms with E-state index in [0.717, 1.165) is 38.2 Å². The number of nitrogens with one attached hydrogen (secondary N) is 1. The van der Waals surface area contributed by atoms with E-state index in [1.165, 1.54) is 5.69 Å². The van der Waals surface area contributed by atoms with Crippen LogP contribution in [0.4, 0.5) is 4.79 Å². The molecule has 1 aliphatic heterocycles. The highest BCUT2D eigenvalue weighted by molar-refractivity contribution is 5.68. The maximum Gasteiger partial charge on any atom is 0.410 e. The molecule has 1 aromatic heterocycles. The van der Waals surface area contributed by atoms with Gasteiger partial charge >= 0.3 is 6.09 Å². The van der Waals surface area contributed by atoms with Gasteiger partial charge in [0.15, 0.2) is 0 Å². The highest BCUT2D eigenvalue weighted by atomic mass is 16.6. The first kappa shape index (κ1) is 16.8. The van der Waals surface area contributed by atoms with Crippen molar-refractivity contribution in [1.29, 1.82) is 0 Å². The van der Waals surface area contributed by atoms with E-state index in [1.807, 2.05) is 39.5 Å². The average molecular weight is 308 g/mol. The topological polar surface area (TPSA) is 59.4 Å². The standard InChI is InChI=1S/C16H28N4O2/c1-16(2,3)22-15(21)20-8-6-12(7-9-20)14-10-13(11-17-4)19(5)18-14/h10,12,17H,6-9,11H2,1-5H3. The minimum atomic E-state index is -0.434. The Morgan fingerprint density at radius 3 is 2.59 bits per heavy atom. The third-order valence-electron chi connectivity index (χ3n) is 3.92. The van der Waals surface area contributed by atoms with Gasteiger partial charge in [-0.05, 0) is 46.7 Å². The summed E-state index contributed by atoms with van der Waals surface area (Å²) in [6.45, 7) is 7.98. The summed E-state index contributed by atoms with van der Waals surface area (Å²) in [5.74, 6) is 0.426. The fourth-order valence-corrected chi connectivity index (χ4v) is 2.76. The number of piperidine rings is 1. The lowest BCUT2D eigenvalue weighted by atomic mass is 9.93. The van der Waals surface area contributed by atoms with Gasteiger partial charge in [0.2, 0.25) is 0 Å². The molecule has 1 amide bonds. The molecule has 0 radical (unpaired) electrons. The van der Waals surface area contributed by atoms with Gasteiger partial charge < -0.3 is 15.0 Å². The Morgan fingerprint density at radius 2 is 2.05 bits per heavy atom. The van der Waals surface area contributed by atoms with Gasteiger partial charge in [-0.25, -0.2) is 4.79 Å². The first-order chi connectivity index (χ1) is 10.3. The summed E-state index contributed by atoms with van der Waals surface area (Å²) in [5.41, 5.74) is 1.89. The number of carbonyl (C=O) groups excluding carboxylic acids is 1. The number of ether oxygens (including phenoxy) is 1. The minimum absolute atomic E-state index is 0.206. The second-order valence-corrected chi connectivity index (χ2v) is 6.96. The van der Waals surface area contributed by atoms with Crippen molar-refractivity contribution < 1.29 is 9.53 Å². The van der Waals surface area contributed by atoms with Gasteiger partial charge in [-0.2, -0.15) is 5.10 Å². The summed E-state index contributed by atoms with van der Waals surface area (Å²) in [6, 6.07) is 2.17. The Labute approximate surface area is 132 Å². The lowest BCUT2D eigenvalue weighted by molar-refractivity contribution is 0.0204. The number of nitrogens with zero attached hydrogens (tertiary/aromatic N) is 3. The monoisotopic (exact) mass is 308 g/mol. The van der Waals surface area contributed by atoms with Gasteiger partial charge in [0, 0.05) is 32.6 Å². The van der Waals surface area contributed by atoms with Crippen LogP contribution < -0.4 is 5.32 Å². The molecule has 1 saturated heterocycles. The van der Waals surface area contributed by atoms with Crippen LogP contribution in [0.15, 0.2) is 6.07 Å². The lowest BCUT2D eigenvalue weighted by Gasteiger charge is -2.32. The summed E-state index contributed by atoms with van der Waals surface area (Å²) in [7, 11) is 3.91. The van der Waals surface area contributed by atoms with Gasteiger partial charge in [-0.3, -0.25) is 4.68 Å². The van der Waals surface area contributed by atoms with E-state index in [-0.39, 0.29) is 6.09 Å². The molecule has 2 heterocycles. The normalized spacial score (nSPS) is 16.9. The van der Waals surface area contributed by atoms with E-state index in [1.54, 1.807) is 4.90 Å². The lowest BCUT2D eigenvalue weighted by Crippen LogP contribution is -2.41. The van der Waals surface area contributed by atoms with Crippen LogP contribution >= 0.6 is 0 Å². The maximum atomic E-state index is 12.1. The van der Waals surface area contributed by atoms with Crippen LogP contribution in [0.5, 0.6) is 0 Å². The Kier molecular flexibility index (Phi) is 5.11. The number of amides is 1. The van der Waals surface area contributed by atoms with Crippen molar-refractivity contribution in [2.45, 2.75) is 51.7 Å². The summed E-state index contributed by atoms with van der Waals surface area (Å²) in [4.78, 5) is 13.9. The maximum absolute atomic E-state index is 12.1.